The maximum absolute atomic E-state index is 12.8. The van der Waals surface area contributed by atoms with Gasteiger partial charge in [0.25, 0.3) is 0 Å². The average molecular weight is 227 g/mol. The third-order valence-electron chi connectivity index (χ3n) is 1.74. The highest BCUT2D eigenvalue weighted by molar-refractivity contribution is 7.98. The summed E-state index contributed by atoms with van der Waals surface area (Å²) in [5.74, 6) is -0.684. The van der Waals surface area contributed by atoms with Gasteiger partial charge in [-0.2, -0.15) is 20.5 Å². The lowest BCUT2D eigenvalue weighted by Crippen LogP contribution is -2.47. The zero-order chi connectivity index (χ0) is 11.2. The second-order valence-electron chi connectivity index (χ2n) is 2.87. The van der Waals surface area contributed by atoms with E-state index in [0.29, 0.717) is 5.75 Å². The maximum Gasteiger partial charge on any atom is 0.320 e. The number of alkyl halides is 2. The molecule has 0 bridgehead atoms. The average Bonchev–Trinajstić information content (AvgIpc) is 2.12. The molecule has 0 aliphatic heterocycles. The highest BCUT2D eigenvalue weighted by Gasteiger charge is 2.32. The standard InChI is InChI=1S/C8H15F2NO2S/c1-3-8(9,10)11-6(7(12)13)4-5-14-2/h6,11H,3-5H2,1-2H3,(H,12,13). The molecule has 0 aromatic rings. The van der Waals surface area contributed by atoms with Crippen LogP contribution < -0.4 is 5.32 Å². The van der Waals surface area contributed by atoms with Crippen LogP contribution in [0.15, 0.2) is 0 Å². The highest BCUT2D eigenvalue weighted by atomic mass is 32.2. The first-order valence-electron chi connectivity index (χ1n) is 4.30. The molecule has 2 N–H and O–H groups in total. The van der Waals surface area contributed by atoms with Crippen molar-refractivity contribution >= 4 is 17.7 Å². The summed E-state index contributed by atoms with van der Waals surface area (Å²) < 4.78 is 25.6. The lowest BCUT2D eigenvalue weighted by Gasteiger charge is -2.21. The van der Waals surface area contributed by atoms with E-state index in [4.69, 9.17) is 5.11 Å². The summed E-state index contributed by atoms with van der Waals surface area (Å²) in [6.45, 7) is 1.31. The normalized spacial score (nSPS) is 14.0. The number of nitrogens with one attached hydrogen (secondary N) is 1. The first-order valence-corrected chi connectivity index (χ1v) is 5.69. The number of carbonyl (C=O) groups is 1. The number of thioether (sulfide) groups is 1. The van der Waals surface area contributed by atoms with Gasteiger partial charge in [0.1, 0.15) is 6.04 Å². The number of hydrogen-bond donors (Lipinski definition) is 2. The van der Waals surface area contributed by atoms with E-state index in [1.165, 1.54) is 18.7 Å². The van der Waals surface area contributed by atoms with E-state index in [9.17, 15) is 13.6 Å². The van der Waals surface area contributed by atoms with E-state index < -0.39 is 24.5 Å². The van der Waals surface area contributed by atoms with Gasteiger partial charge < -0.3 is 5.11 Å². The Morgan fingerprint density at radius 1 is 1.64 bits per heavy atom. The molecule has 14 heavy (non-hydrogen) atoms. The van der Waals surface area contributed by atoms with Gasteiger partial charge in [-0.1, -0.05) is 6.92 Å². The Morgan fingerprint density at radius 3 is 2.57 bits per heavy atom. The highest BCUT2D eigenvalue weighted by Crippen LogP contribution is 2.16. The molecule has 0 rings (SSSR count). The molecule has 0 saturated carbocycles. The van der Waals surface area contributed by atoms with Gasteiger partial charge in [0, 0.05) is 6.42 Å². The largest absolute Gasteiger partial charge is 0.480 e. The van der Waals surface area contributed by atoms with Crippen LogP contribution in [-0.2, 0) is 4.79 Å². The lowest BCUT2D eigenvalue weighted by molar-refractivity contribution is -0.144. The SMILES string of the molecule is CCC(F)(F)NC(CCSC)C(=O)O. The van der Waals surface area contributed by atoms with E-state index in [2.05, 4.69) is 0 Å². The molecular weight excluding hydrogens is 212 g/mol. The van der Waals surface area contributed by atoms with Crippen molar-refractivity contribution in [2.75, 3.05) is 12.0 Å². The molecule has 0 aliphatic carbocycles. The van der Waals surface area contributed by atoms with Crippen LogP contribution in [0.1, 0.15) is 19.8 Å². The van der Waals surface area contributed by atoms with Crippen LogP contribution in [0, 0.1) is 0 Å². The Kier molecular flexibility index (Phi) is 6.03. The monoisotopic (exact) mass is 227 g/mol. The lowest BCUT2D eigenvalue weighted by atomic mass is 10.2. The number of hydrogen-bond acceptors (Lipinski definition) is 3. The molecule has 3 nitrogen and oxygen atoms in total. The summed E-state index contributed by atoms with van der Waals surface area (Å²) in [6.07, 6.45) is 1.60. The molecule has 84 valence electrons. The molecule has 1 unspecified atom stereocenters. The fraction of sp³-hybridized carbons (Fsp3) is 0.875. The fourth-order valence-corrected chi connectivity index (χ4v) is 1.32. The van der Waals surface area contributed by atoms with Crippen molar-refractivity contribution < 1.29 is 18.7 Å². The minimum Gasteiger partial charge on any atom is -0.480 e. The minimum absolute atomic E-state index is 0.200. The molecule has 0 heterocycles. The van der Waals surface area contributed by atoms with Crippen LogP contribution in [0.4, 0.5) is 8.78 Å². The molecule has 0 aromatic heterocycles. The Labute approximate surface area is 86.3 Å². The molecule has 6 heteroatoms. The van der Waals surface area contributed by atoms with Crippen molar-refractivity contribution in [2.45, 2.75) is 31.9 Å². The molecule has 0 saturated heterocycles. The van der Waals surface area contributed by atoms with Crippen LogP contribution in [0.2, 0.25) is 0 Å². The van der Waals surface area contributed by atoms with Crippen molar-refractivity contribution in [3.05, 3.63) is 0 Å². The Bertz CT molecular complexity index is 190. The maximum atomic E-state index is 12.8. The van der Waals surface area contributed by atoms with Crippen LogP contribution in [0.3, 0.4) is 0 Å². The van der Waals surface area contributed by atoms with Gasteiger partial charge in [-0.25, -0.2) is 5.32 Å². The Morgan fingerprint density at radius 2 is 2.21 bits per heavy atom. The van der Waals surface area contributed by atoms with Crippen LogP contribution in [-0.4, -0.2) is 35.2 Å². The summed E-state index contributed by atoms with van der Waals surface area (Å²) in [5.41, 5.74) is 0. The van der Waals surface area contributed by atoms with Crippen molar-refractivity contribution in [2.24, 2.45) is 0 Å². The topological polar surface area (TPSA) is 49.3 Å². The van der Waals surface area contributed by atoms with E-state index in [-0.39, 0.29) is 6.42 Å². The van der Waals surface area contributed by atoms with Gasteiger partial charge in [0.05, 0.1) is 0 Å². The molecule has 0 aromatic carbocycles. The summed E-state index contributed by atoms with van der Waals surface area (Å²) in [5, 5.41) is 10.5. The first kappa shape index (κ1) is 13.6. The second-order valence-corrected chi connectivity index (χ2v) is 3.86. The molecule has 1 atom stereocenters. The third-order valence-corrected chi connectivity index (χ3v) is 2.38. The smallest absolute Gasteiger partial charge is 0.320 e. The zero-order valence-corrected chi connectivity index (χ0v) is 9.03. The fourth-order valence-electron chi connectivity index (χ4n) is 0.850. The molecule has 0 radical (unpaired) electrons. The summed E-state index contributed by atoms with van der Waals surface area (Å²) in [7, 11) is 0. The predicted molar refractivity (Wildman–Crippen MR) is 52.8 cm³/mol. The number of carboxylic acid groups (broad SMARTS) is 1. The van der Waals surface area contributed by atoms with E-state index in [0.717, 1.165) is 0 Å². The van der Waals surface area contributed by atoms with Gasteiger partial charge in [-0.3, -0.25) is 4.79 Å². The van der Waals surface area contributed by atoms with E-state index in [1.807, 2.05) is 5.32 Å². The quantitative estimate of drug-likeness (QED) is 0.651. The first-order chi connectivity index (χ1) is 6.43. The number of halogens is 2. The summed E-state index contributed by atoms with van der Waals surface area (Å²) in [6, 6.07) is -4.26. The summed E-state index contributed by atoms with van der Waals surface area (Å²) in [4.78, 5) is 10.6. The van der Waals surface area contributed by atoms with E-state index in [1.54, 1.807) is 6.26 Å². The summed E-state index contributed by atoms with van der Waals surface area (Å²) >= 11 is 1.43. The van der Waals surface area contributed by atoms with Crippen molar-refractivity contribution in [3.8, 4) is 0 Å². The zero-order valence-electron chi connectivity index (χ0n) is 8.22. The van der Waals surface area contributed by atoms with E-state index >= 15 is 0 Å². The number of rotatable bonds is 7. The Hall–Kier alpha value is -0.360. The molecule has 0 aliphatic rings. The van der Waals surface area contributed by atoms with Crippen molar-refractivity contribution in [1.82, 2.24) is 5.32 Å². The molecule has 0 fully saturated rings. The van der Waals surface area contributed by atoms with Gasteiger partial charge in [0.15, 0.2) is 0 Å². The van der Waals surface area contributed by atoms with Gasteiger partial charge >= 0.3 is 12.0 Å². The number of aliphatic carboxylic acids is 1. The van der Waals surface area contributed by atoms with Gasteiger partial charge in [-0.15, -0.1) is 0 Å². The molecule has 0 amide bonds. The van der Waals surface area contributed by atoms with Crippen molar-refractivity contribution in [3.63, 3.8) is 0 Å². The van der Waals surface area contributed by atoms with Crippen LogP contribution in [0.5, 0.6) is 0 Å². The number of carboxylic acids is 1. The second kappa shape index (κ2) is 6.19. The third kappa shape index (κ3) is 5.39. The van der Waals surface area contributed by atoms with Crippen LogP contribution in [0.25, 0.3) is 0 Å². The van der Waals surface area contributed by atoms with Crippen LogP contribution >= 0.6 is 11.8 Å². The van der Waals surface area contributed by atoms with Crippen molar-refractivity contribution in [1.29, 1.82) is 0 Å². The molecular formula is C8H15F2NO2S. The predicted octanol–water partition coefficient (Wildman–Crippen LogP) is 1.79. The van der Waals surface area contributed by atoms with Gasteiger partial charge in [0.2, 0.25) is 0 Å². The Balaban J connectivity index is 4.15. The minimum atomic E-state index is -3.10. The van der Waals surface area contributed by atoms with Gasteiger partial charge in [-0.05, 0) is 18.4 Å². The molecule has 0 spiro atoms.